The number of hydrogen-bond acceptors (Lipinski definition) is 2. The van der Waals surface area contributed by atoms with Crippen LogP contribution in [0.2, 0.25) is 5.02 Å². The summed E-state index contributed by atoms with van der Waals surface area (Å²) in [5, 5.41) is 4.11. The molecule has 0 radical (unpaired) electrons. The minimum absolute atomic E-state index is 0.0846. The fourth-order valence-electron chi connectivity index (χ4n) is 2.75. The molecule has 2 nitrogen and oxygen atoms in total. The molecular formula is C16H16ClFN2. The van der Waals surface area contributed by atoms with Crippen molar-refractivity contribution in [2.45, 2.75) is 31.8 Å². The topological polar surface area (TPSA) is 24.9 Å². The van der Waals surface area contributed by atoms with E-state index in [0.29, 0.717) is 11.6 Å². The molecule has 1 aliphatic rings. The first kappa shape index (κ1) is 13.5. The van der Waals surface area contributed by atoms with Crippen LogP contribution in [0.3, 0.4) is 0 Å². The van der Waals surface area contributed by atoms with Crippen molar-refractivity contribution in [3.63, 3.8) is 0 Å². The second kappa shape index (κ2) is 5.90. The highest BCUT2D eigenvalue weighted by Gasteiger charge is 2.21. The lowest BCUT2D eigenvalue weighted by molar-refractivity contribution is 0.445. The van der Waals surface area contributed by atoms with Gasteiger partial charge in [0.2, 0.25) is 0 Å². The number of benzene rings is 1. The average molecular weight is 291 g/mol. The predicted octanol–water partition coefficient (Wildman–Crippen LogP) is 4.04. The van der Waals surface area contributed by atoms with Gasteiger partial charge in [-0.05, 0) is 48.6 Å². The quantitative estimate of drug-likeness (QED) is 0.923. The van der Waals surface area contributed by atoms with Gasteiger partial charge in [-0.3, -0.25) is 4.98 Å². The minimum atomic E-state index is -0.0846. The molecule has 0 amide bonds. The zero-order chi connectivity index (χ0) is 13.9. The van der Waals surface area contributed by atoms with Crippen molar-refractivity contribution < 1.29 is 4.39 Å². The molecule has 1 aromatic carbocycles. The van der Waals surface area contributed by atoms with E-state index in [1.54, 1.807) is 18.3 Å². The Bertz CT molecular complexity index is 598. The summed E-state index contributed by atoms with van der Waals surface area (Å²) < 4.78 is 13.8. The summed E-state index contributed by atoms with van der Waals surface area (Å²) >= 11 is 5.82. The third kappa shape index (κ3) is 2.84. The van der Waals surface area contributed by atoms with Crippen LogP contribution in [0.15, 0.2) is 36.5 Å². The van der Waals surface area contributed by atoms with Gasteiger partial charge in [0, 0.05) is 18.8 Å². The zero-order valence-electron chi connectivity index (χ0n) is 11.1. The highest BCUT2D eigenvalue weighted by atomic mass is 35.5. The van der Waals surface area contributed by atoms with Gasteiger partial charge in [-0.15, -0.1) is 0 Å². The first-order valence-electron chi connectivity index (χ1n) is 6.85. The van der Waals surface area contributed by atoms with Gasteiger partial charge in [0.1, 0.15) is 5.82 Å². The third-order valence-electron chi connectivity index (χ3n) is 3.77. The van der Waals surface area contributed by atoms with Crippen LogP contribution >= 0.6 is 11.6 Å². The minimum Gasteiger partial charge on any atom is -0.304 e. The van der Waals surface area contributed by atoms with Gasteiger partial charge in [-0.1, -0.05) is 23.7 Å². The van der Waals surface area contributed by atoms with E-state index in [-0.39, 0.29) is 11.9 Å². The number of nitrogens with one attached hydrogen (secondary N) is 1. The number of fused-ring (bicyclic) bond motifs is 1. The highest BCUT2D eigenvalue weighted by molar-refractivity contribution is 6.30. The van der Waals surface area contributed by atoms with Crippen LogP contribution in [0.5, 0.6) is 0 Å². The number of nitrogens with zero attached hydrogens (tertiary/aromatic N) is 1. The van der Waals surface area contributed by atoms with Gasteiger partial charge < -0.3 is 5.32 Å². The van der Waals surface area contributed by atoms with Gasteiger partial charge in [0.05, 0.1) is 10.7 Å². The second-order valence-electron chi connectivity index (χ2n) is 5.10. The number of aromatic nitrogens is 1. The normalized spacial score (nSPS) is 17.8. The largest absolute Gasteiger partial charge is 0.304 e. The van der Waals surface area contributed by atoms with E-state index in [2.05, 4.69) is 10.3 Å². The molecule has 1 unspecified atom stereocenters. The van der Waals surface area contributed by atoms with E-state index in [1.807, 2.05) is 18.2 Å². The van der Waals surface area contributed by atoms with Crippen molar-refractivity contribution >= 4 is 11.6 Å². The third-order valence-corrected chi connectivity index (χ3v) is 3.99. The summed E-state index contributed by atoms with van der Waals surface area (Å²) in [6.45, 7) is 0.664. The maximum Gasteiger partial charge on any atom is 0.126 e. The molecular weight excluding hydrogens is 275 g/mol. The number of halogens is 2. The summed E-state index contributed by atoms with van der Waals surface area (Å²) in [7, 11) is 0. The smallest absolute Gasteiger partial charge is 0.126 e. The van der Waals surface area contributed by atoms with Crippen LogP contribution < -0.4 is 5.32 Å². The SMILES string of the molecule is Fc1cccc2c1CCCC2NCc1ccc(Cl)cn1. The Kier molecular flexibility index (Phi) is 3.99. The standard InChI is InChI=1S/C16H16ClFN2/c17-11-7-8-12(19-9-11)10-20-16-6-2-3-13-14(16)4-1-5-15(13)18/h1,4-5,7-9,16,20H,2-3,6,10H2. The highest BCUT2D eigenvalue weighted by Crippen LogP contribution is 2.31. The zero-order valence-corrected chi connectivity index (χ0v) is 11.8. The lowest BCUT2D eigenvalue weighted by Gasteiger charge is -2.26. The van der Waals surface area contributed by atoms with Crippen LogP contribution in [-0.4, -0.2) is 4.98 Å². The van der Waals surface area contributed by atoms with Crippen LogP contribution in [-0.2, 0) is 13.0 Å². The van der Waals surface area contributed by atoms with Gasteiger partial charge >= 0.3 is 0 Å². The molecule has 0 aliphatic heterocycles. The molecule has 0 bridgehead atoms. The number of hydrogen-bond donors (Lipinski definition) is 1. The molecule has 0 saturated heterocycles. The Hall–Kier alpha value is -1.45. The van der Waals surface area contributed by atoms with Crippen LogP contribution in [0.25, 0.3) is 0 Å². The van der Waals surface area contributed by atoms with Crippen LogP contribution in [0.1, 0.15) is 35.7 Å². The summed E-state index contributed by atoms with van der Waals surface area (Å²) in [5.41, 5.74) is 2.89. The van der Waals surface area contributed by atoms with Gasteiger partial charge in [-0.25, -0.2) is 4.39 Å². The second-order valence-corrected chi connectivity index (χ2v) is 5.54. The molecule has 2 aromatic rings. The van der Waals surface area contributed by atoms with Crippen LogP contribution in [0.4, 0.5) is 4.39 Å². The van der Waals surface area contributed by atoms with Crippen molar-refractivity contribution in [1.29, 1.82) is 0 Å². The van der Waals surface area contributed by atoms with Crippen molar-refractivity contribution in [2.75, 3.05) is 0 Å². The molecule has 1 aliphatic carbocycles. The Morgan fingerprint density at radius 2 is 2.20 bits per heavy atom. The fraction of sp³-hybridized carbons (Fsp3) is 0.312. The van der Waals surface area contributed by atoms with Crippen molar-refractivity contribution in [3.05, 3.63) is 64.2 Å². The Balaban J connectivity index is 1.73. The molecule has 3 rings (SSSR count). The first-order valence-corrected chi connectivity index (χ1v) is 7.23. The molecule has 20 heavy (non-hydrogen) atoms. The molecule has 1 heterocycles. The molecule has 0 spiro atoms. The van der Waals surface area contributed by atoms with E-state index in [1.165, 1.54) is 0 Å². The monoisotopic (exact) mass is 290 g/mol. The predicted molar refractivity (Wildman–Crippen MR) is 78.2 cm³/mol. The first-order chi connectivity index (χ1) is 9.74. The molecule has 0 fully saturated rings. The van der Waals surface area contributed by atoms with Gasteiger partial charge in [0.15, 0.2) is 0 Å². The Labute approximate surface area is 123 Å². The lowest BCUT2D eigenvalue weighted by atomic mass is 9.87. The van der Waals surface area contributed by atoms with E-state index in [4.69, 9.17) is 11.6 Å². The molecule has 1 atom stereocenters. The molecule has 1 N–H and O–H groups in total. The lowest BCUT2D eigenvalue weighted by Crippen LogP contribution is -2.25. The Morgan fingerprint density at radius 3 is 3.00 bits per heavy atom. The van der Waals surface area contributed by atoms with Crippen molar-refractivity contribution in [3.8, 4) is 0 Å². The molecule has 0 saturated carbocycles. The van der Waals surface area contributed by atoms with E-state index >= 15 is 0 Å². The number of pyridine rings is 1. The molecule has 104 valence electrons. The summed E-state index contributed by atoms with van der Waals surface area (Å²) in [5.74, 6) is -0.0846. The fourth-order valence-corrected chi connectivity index (χ4v) is 2.87. The van der Waals surface area contributed by atoms with Crippen molar-refractivity contribution in [1.82, 2.24) is 10.3 Å². The van der Waals surface area contributed by atoms with E-state index in [0.717, 1.165) is 36.1 Å². The van der Waals surface area contributed by atoms with E-state index in [9.17, 15) is 4.39 Å². The average Bonchev–Trinajstić information content (AvgIpc) is 2.47. The summed E-state index contributed by atoms with van der Waals surface area (Å²) in [6, 6.07) is 9.29. The number of rotatable bonds is 3. The molecule has 4 heteroatoms. The molecule has 1 aromatic heterocycles. The summed E-state index contributed by atoms with van der Waals surface area (Å²) in [6.07, 6.45) is 4.52. The van der Waals surface area contributed by atoms with Gasteiger partial charge in [-0.2, -0.15) is 0 Å². The summed E-state index contributed by atoms with van der Waals surface area (Å²) in [4.78, 5) is 4.27. The maximum atomic E-state index is 13.8. The van der Waals surface area contributed by atoms with Crippen molar-refractivity contribution in [2.24, 2.45) is 0 Å². The van der Waals surface area contributed by atoms with E-state index < -0.39 is 0 Å². The maximum absolute atomic E-state index is 13.8. The van der Waals surface area contributed by atoms with Gasteiger partial charge in [0.25, 0.3) is 0 Å². The Morgan fingerprint density at radius 1 is 1.30 bits per heavy atom. The van der Waals surface area contributed by atoms with Crippen LogP contribution in [0, 0.1) is 5.82 Å².